The van der Waals surface area contributed by atoms with Crippen molar-refractivity contribution in [3.8, 4) is 0 Å². The molecule has 0 radical (unpaired) electrons. The van der Waals surface area contributed by atoms with Gasteiger partial charge in [-0.15, -0.1) is 0 Å². The molecule has 0 amide bonds. The quantitative estimate of drug-likeness (QED) is 0.805. The summed E-state index contributed by atoms with van der Waals surface area (Å²) < 4.78 is 0. The third-order valence-corrected chi connectivity index (χ3v) is 6.49. The highest BCUT2D eigenvalue weighted by molar-refractivity contribution is 5.37. The van der Waals surface area contributed by atoms with Crippen LogP contribution < -0.4 is 0 Å². The van der Waals surface area contributed by atoms with Crippen molar-refractivity contribution in [2.45, 2.75) is 84.2 Å². The Hall–Kier alpha value is -0.820. The lowest BCUT2D eigenvalue weighted by molar-refractivity contribution is -0.0204. The fourth-order valence-corrected chi connectivity index (χ4v) is 5.00. The maximum atomic E-state index is 10.6. The summed E-state index contributed by atoms with van der Waals surface area (Å²) in [6, 6.07) is 7.20. The third-order valence-electron chi connectivity index (χ3n) is 6.49. The van der Waals surface area contributed by atoms with Gasteiger partial charge in [0.2, 0.25) is 0 Å². The molecule has 0 heterocycles. The number of fused-ring (bicyclic) bond motifs is 3. The highest BCUT2D eigenvalue weighted by Crippen LogP contribution is 2.52. The Morgan fingerprint density at radius 2 is 2.09 bits per heavy atom. The Kier molecular flexibility index (Phi) is 4.64. The van der Waals surface area contributed by atoms with Gasteiger partial charge in [-0.3, -0.25) is 0 Å². The molecule has 2 aliphatic carbocycles. The van der Waals surface area contributed by atoms with Crippen molar-refractivity contribution in [2.75, 3.05) is 0 Å². The normalized spacial score (nSPS) is 32.2. The number of hydrogen-bond donors (Lipinski definition) is 1. The fraction of sp³-hybridized carbons (Fsp3) is 0.714. The number of benzene rings is 1. The molecule has 22 heavy (non-hydrogen) atoms. The van der Waals surface area contributed by atoms with Crippen LogP contribution in [0, 0.1) is 11.3 Å². The second-order valence-corrected chi connectivity index (χ2v) is 7.99. The molecule has 0 bridgehead atoms. The molecule has 0 aliphatic heterocycles. The summed E-state index contributed by atoms with van der Waals surface area (Å²) in [5.74, 6) is 1.53. The SMILES string of the molecule is CCC[C@H](O)C1(C)CC[C@@H]2c3ccc(CC)cc3CCC2C1. The van der Waals surface area contributed by atoms with Gasteiger partial charge in [0.25, 0.3) is 0 Å². The van der Waals surface area contributed by atoms with E-state index >= 15 is 0 Å². The van der Waals surface area contributed by atoms with Crippen LogP contribution in [0.5, 0.6) is 0 Å². The molecule has 1 fully saturated rings. The smallest absolute Gasteiger partial charge is 0.0593 e. The number of rotatable bonds is 4. The summed E-state index contributed by atoms with van der Waals surface area (Å²) in [5, 5.41) is 10.6. The fourth-order valence-electron chi connectivity index (χ4n) is 5.00. The van der Waals surface area contributed by atoms with Crippen molar-refractivity contribution < 1.29 is 5.11 Å². The van der Waals surface area contributed by atoms with Gasteiger partial charge >= 0.3 is 0 Å². The van der Waals surface area contributed by atoms with Crippen LogP contribution in [0.2, 0.25) is 0 Å². The van der Waals surface area contributed by atoms with Gasteiger partial charge < -0.3 is 5.11 Å². The highest BCUT2D eigenvalue weighted by atomic mass is 16.3. The standard InChI is InChI=1S/C21H32O/c1-4-6-20(22)21(3)12-11-19-17(14-21)9-8-16-13-15(5-2)7-10-18(16)19/h7,10,13,17,19-20,22H,4-6,8-9,11-12,14H2,1-3H3/t17?,19-,20-,21?/m0/s1. The zero-order valence-electron chi connectivity index (χ0n) is 14.6. The van der Waals surface area contributed by atoms with E-state index in [9.17, 15) is 5.11 Å². The second-order valence-electron chi connectivity index (χ2n) is 7.99. The maximum Gasteiger partial charge on any atom is 0.0593 e. The lowest BCUT2D eigenvalue weighted by Crippen LogP contribution is -2.41. The van der Waals surface area contributed by atoms with E-state index in [4.69, 9.17) is 0 Å². The largest absolute Gasteiger partial charge is 0.393 e. The molecule has 1 saturated carbocycles. The van der Waals surface area contributed by atoms with Gasteiger partial charge in [0.05, 0.1) is 6.10 Å². The molecule has 1 aromatic rings. The number of aliphatic hydroxyl groups excluding tert-OH is 1. The van der Waals surface area contributed by atoms with E-state index in [-0.39, 0.29) is 11.5 Å². The Morgan fingerprint density at radius 1 is 1.27 bits per heavy atom. The molecule has 3 rings (SSSR count). The molecule has 2 aliphatic rings. The molecule has 1 nitrogen and oxygen atoms in total. The van der Waals surface area contributed by atoms with Crippen LogP contribution in [-0.4, -0.2) is 11.2 Å². The van der Waals surface area contributed by atoms with E-state index in [0.29, 0.717) is 0 Å². The van der Waals surface area contributed by atoms with E-state index in [1.807, 2.05) is 0 Å². The van der Waals surface area contributed by atoms with Crippen molar-refractivity contribution >= 4 is 0 Å². The minimum absolute atomic E-state index is 0.109. The Labute approximate surface area is 136 Å². The molecule has 4 atom stereocenters. The van der Waals surface area contributed by atoms with E-state index in [1.54, 1.807) is 11.1 Å². The summed E-state index contributed by atoms with van der Waals surface area (Å²) in [4.78, 5) is 0. The average Bonchev–Trinajstić information content (AvgIpc) is 2.54. The average molecular weight is 300 g/mol. The first-order valence-corrected chi connectivity index (χ1v) is 9.37. The summed E-state index contributed by atoms with van der Waals surface area (Å²) in [5.41, 5.74) is 4.87. The summed E-state index contributed by atoms with van der Waals surface area (Å²) in [7, 11) is 0. The third kappa shape index (κ3) is 2.85. The Bertz CT molecular complexity index is 521. The molecule has 1 aromatic carbocycles. The van der Waals surface area contributed by atoms with Gasteiger partial charge in [-0.05, 0) is 78.9 Å². The first-order chi connectivity index (χ1) is 10.6. The monoisotopic (exact) mass is 300 g/mol. The number of aliphatic hydroxyl groups is 1. The lowest BCUT2D eigenvalue weighted by Gasteiger charge is -2.47. The predicted molar refractivity (Wildman–Crippen MR) is 93.2 cm³/mol. The lowest BCUT2D eigenvalue weighted by atomic mass is 9.58. The predicted octanol–water partition coefficient (Wildman–Crippen LogP) is 5.25. The van der Waals surface area contributed by atoms with Gasteiger partial charge in [-0.2, -0.15) is 0 Å². The zero-order chi connectivity index (χ0) is 15.7. The van der Waals surface area contributed by atoms with Crippen molar-refractivity contribution in [1.82, 2.24) is 0 Å². The Balaban J connectivity index is 1.79. The first kappa shape index (κ1) is 16.1. The van der Waals surface area contributed by atoms with Crippen LogP contribution in [0.3, 0.4) is 0 Å². The van der Waals surface area contributed by atoms with Gasteiger partial charge in [0, 0.05) is 0 Å². The summed E-state index contributed by atoms with van der Waals surface area (Å²) in [6.45, 7) is 6.76. The van der Waals surface area contributed by atoms with E-state index in [2.05, 4.69) is 39.0 Å². The topological polar surface area (TPSA) is 20.2 Å². The second kappa shape index (κ2) is 6.35. The van der Waals surface area contributed by atoms with Crippen molar-refractivity contribution in [1.29, 1.82) is 0 Å². The van der Waals surface area contributed by atoms with Crippen molar-refractivity contribution in [3.05, 3.63) is 34.9 Å². The van der Waals surface area contributed by atoms with E-state index in [0.717, 1.165) is 31.1 Å². The molecule has 0 spiro atoms. The summed E-state index contributed by atoms with van der Waals surface area (Å²) in [6.07, 6.45) is 9.31. The Morgan fingerprint density at radius 3 is 2.82 bits per heavy atom. The van der Waals surface area contributed by atoms with Crippen LogP contribution in [0.25, 0.3) is 0 Å². The van der Waals surface area contributed by atoms with E-state index < -0.39 is 0 Å². The number of aryl methyl sites for hydroxylation is 2. The maximum absolute atomic E-state index is 10.6. The van der Waals surface area contributed by atoms with E-state index in [1.165, 1.54) is 37.7 Å². The highest BCUT2D eigenvalue weighted by Gasteiger charge is 2.43. The van der Waals surface area contributed by atoms with Crippen LogP contribution in [0.4, 0.5) is 0 Å². The zero-order valence-corrected chi connectivity index (χ0v) is 14.6. The van der Waals surface area contributed by atoms with Crippen LogP contribution in [-0.2, 0) is 12.8 Å². The summed E-state index contributed by atoms with van der Waals surface area (Å²) >= 11 is 0. The molecule has 0 aromatic heterocycles. The van der Waals surface area contributed by atoms with Crippen molar-refractivity contribution in [3.63, 3.8) is 0 Å². The first-order valence-electron chi connectivity index (χ1n) is 9.37. The van der Waals surface area contributed by atoms with Crippen LogP contribution in [0.1, 0.15) is 81.9 Å². The molecule has 1 heteroatoms. The van der Waals surface area contributed by atoms with Crippen LogP contribution in [0.15, 0.2) is 18.2 Å². The van der Waals surface area contributed by atoms with Gasteiger partial charge in [0.15, 0.2) is 0 Å². The molecule has 1 N–H and O–H groups in total. The molecule has 2 unspecified atom stereocenters. The molecule has 122 valence electrons. The van der Waals surface area contributed by atoms with Gasteiger partial charge in [-0.1, -0.05) is 45.4 Å². The van der Waals surface area contributed by atoms with Crippen molar-refractivity contribution in [2.24, 2.45) is 11.3 Å². The molecular formula is C21H32O. The minimum Gasteiger partial charge on any atom is -0.393 e. The number of hydrogen-bond acceptors (Lipinski definition) is 1. The van der Waals surface area contributed by atoms with Gasteiger partial charge in [0.1, 0.15) is 0 Å². The molecular weight excluding hydrogens is 268 g/mol. The molecule has 0 saturated heterocycles. The van der Waals surface area contributed by atoms with Gasteiger partial charge in [-0.25, -0.2) is 0 Å². The minimum atomic E-state index is -0.109. The van der Waals surface area contributed by atoms with Crippen LogP contribution >= 0.6 is 0 Å².